The Balaban J connectivity index is 2.28. The van der Waals surface area contributed by atoms with Crippen molar-refractivity contribution in [3.05, 3.63) is 23.8 Å². The minimum Gasteiger partial charge on any atom is -0.550 e. The fourth-order valence-electron chi connectivity index (χ4n) is 1.61. The highest BCUT2D eigenvalue weighted by atomic mass is 32.2. The fraction of sp³-hybridized carbons (Fsp3) is 0.273. The van der Waals surface area contributed by atoms with E-state index in [0.717, 1.165) is 23.9 Å². The Hall–Kier alpha value is -1.70. The number of fused-ring (bicyclic) bond motifs is 1. The van der Waals surface area contributed by atoms with Gasteiger partial charge in [0.2, 0.25) is 5.91 Å². The van der Waals surface area contributed by atoms with Crippen LogP contribution in [0.3, 0.4) is 0 Å². The molecule has 102 valence electrons. The van der Waals surface area contributed by atoms with Gasteiger partial charge in [-0.1, -0.05) is 0 Å². The number of alkyl halides is 3. The van der Waals surface area contributed by atoms with Gasteiger partial charge >= 0.3 is 6.18 Å². The van der Waals surface area contributed by atoms with Crippen LogP contribution in [0.1, 0.15) is 12.0 Å². The Kier molecular flexibility index (Phi) is 3.44. The lowest BCUT2D eigenvalue weighted by atomic mass is 10.1. The van der Waals surface area contributed by atoms with Crippen molar-refractivity contribution in [1.82, 2.24) is 0 Å². The van der Waals surface area contributed by atoms with Crippen LogP contribution in [0.15, 0.2) is 23.1 Å². The number of thioether (sulfide) groups is 1. The van der Waals surface area contributed by atoms with Gasteiger partial charge in [0.25, 0.3) is 0 Å². The Labute approximate surface area is 110 Å². The molecule has 0 bridgehead atoms. The summed E-state index contributed by atoms with van der Waals surface area (Å²) in [6.07, 6.45) is -4.98. The van der Waals surface area contributed by atoms with Crippen molar-refractivity contribution in [3.8, 4) is 0 Å². The number of anilines is 1. The summed E-state index contributed by atoms with van der Waals surface area (Å²) in [6.45, 7) is 0. The van der Waals surface area contributed by atoms with Gasteiger partial charge in [0.05, 0.1) is 16.5 Å². The minimum atomic E-state index is -4.49. The number of carboxylic acid groups (broad SMARTS) is 1. The number of benzene rings is 1. The lowest BCUT2D eigenvalue weighted by Crippen LogP contribution is -2.35. The van der Waals surface area contributed by atoms with E-state index < -0.39 is 35.3 Å². The summed E-state index contributed by atoms with van der Waals surface area (Å²) >= 11 is 0.913. The zero-order valence-corrected chi connectivity index (χ0v) is 10.1. The van der Waals surface area contributed by atoms with Crippen LogP contribution in [0, 0.1) is 0 Å². The monoisotopic (exact) mass is 290 g/mol. The molecule has 0 radical (unpaired) electrons. The second-order valence-corrected chi connectivity index (χ2v) is 5.13. The van der Waals surface area contributed by atoms with Gasteiger partial charge in [0.1, 0.15) is 0 Å². The Morgan fingerprint density at radius 3 is 2.68 bits per heavy atom. The smallest absolute Gasteiger partial charge is 0.416 e. The number of aliphatic carboxylic acids is 1. The summed E-state index contributed by atoms with van der Waals surface area (Å²) in [5.41, 5.74) is -0.829. The summed E-state index contributed by atoms with van der Waals surface area (Å²) in [5.74, 6) is -2.02. The van der Waals surface area contributed by atoms with E-state index in [4.69, 9.17) is 0 Å². The quantitative estimate of drug-likeness (QED) is 0.890. The van der Waals surface area contributed by atoms with E-state index in [1.165, 1.54) is 6.07 Å². The maximum atomic E-state index is 12.5. The zero-order chi connectivity index (χ0) is 14.2. The third kappa shape index (κ3) is 3.01. The fourth-order valence-corrected chi connectivity index (χ4v) is 2.69. The summed E-state index contributed by atoms with van der Waals surface area (Å²) in [5, 5.41) is 11.8. The van der Waals surface area contributed by atoms with Crippen molar-refractivity contribution in [2.24, 2.45) is 0 Å². The Morgan fingerprint density at radius 1 is 1.42 bits per heavy atom. The lowest BCUT2D eigenvalue weighted by Gasteiger charge is -2.25. The van der Waals surface area contributed by atoms with Gasteiger partial charge in [-0.3, -0.25) is 4.79 Å². The molecule has 0 aliphatic carbocycles. The second kappa shape index (κ2) is 4.76. The van der Waals surface area contributed by atoms with Crippen molar-refractivity contribution in [2.45, 2.75) is 22.7 Å². The molecule has 0 aromatic heterocycles. The van der Waals surface area contributed by atoms with E-state index >= 15 is 0 Å². The number of hydrogen-bond donors (Lipinski definition) is 1. The van der Waals surface area contributed by atoms with Crippen molar-refractivity contribution < 1.29 is 27.9 Å². The predicted octanol–water partition coefficient (Wildman–Crippen LogP) is 1.26. The standard InChI is InChI=1S/C11H8F3NO3S/c12-11(13,14)5-1-2-7-6(3-5)15-10(18)8(19-7)4-9(16)17/h1-3,8H,4H2,(H,15,18)(H,16,17)/p-1/t8-/m0/s1. The highest BCUT2D eigenvalue weighted by Gasteiger charge is 2.33. The van der Waals surface area contributed by atoms with Gasteiger partial charge in [0.15, 0.2) is 0 Å². The molecule has 1 aliphatic heterocycles. The van der Waals surface area contributed by atoms with E-state index in [2.05, 4.69) is 5.32 Å². The van der Waals surface area contributed by atoms with Crippen LogP contribution in [0.4, 0.5) is 18.9 Å². The topological polar surface area (TPSA) is 69.2 Å². The summed E-state index contributed by atoms with van der Waals surface area (Å²) in [4.78, 5) is 22.4. The second-order valence-electron chi connectivity index (χ2n) is 3.88. The first-order valence-electron chi connectivity index (χ1n) is 5.16. The molecule has 4 nitrogen and oxygen atoms in total. The molecule has 1 atom stereocenters. The van der Waals surface area contributed by atoms with Crippen LogP contribution in [0.25, 0.3) is 0 Å². The molecule has 1 amide bonds. The van der Waals surface area contributed by atoms with E-state index in [0.29, 0.717) is 4.90 Å². The molecular formula is C11H7F3NO3S-. The van der Waals surface area contributed by atoms with Crippen molar-refractivity contribution in [2.75, 3.05) is 5.32 Å². The maximum absolute atomic E-state index is 12.5. The molecule has 0 saturated heterocycles. The number of carbonyl (C=O) groups is 2. The molecule has 0 spiro atoms. The SMILES string of the molecule is O=C([O-])C[C@@H]1Sc2ccc(C(F)(F)F)cc2NC1=O. The van der Waals surface area contributed by atoms with Crippen molar-refractivity contribution in [3.63, 3.8) is 0 Å². The molecule has 1 heterocycles. The highest BCUT2D eigenvalue weighted by Crippen LogP contribution is 2.40. The van der Waals surface area contributed by atoms with Crippen molar-refractivity contribution >= 4 is 29.3 Å². The molecule has 1 aromatic rings. The summed E-state index contributed by atoms with van der Waals surface area (Å²) < 4.78 is 37.5. The number of hydrogen-bond acceptors (Lipinski definition) is 4. The summed E-state index contributed by atoms with van der Waals surface area (Å²) in [7, 11) is 0. The normalized spacial score (nSPS) is 18.7. The van der Waals surface area contributed by atoms with E-state index in [1.807, 2.05) is 0 Å². The molecule has 0 saturated carbocycles. The van der Waals surface area contributed by atoms with Gasteiger partial charge in [-0.15, -0.1) is 11.8 Å². The lowest BCUT2D eigenvalue weighted by molar-refractivity contribution is -0.305. The first kappa shape index (κ1) is 13.7. The van der Waals surface area contributed by atoms with Gasteiger partial charge in [0, 0.05) is 17.3 Å². The van der Waals surface area contributed by atoms with Crippen molar-refractivity contribution in [1.29, 1.82) is 0 Å². The van der Waals surface area contributed by atoms with Gasteiger partial charge in [-0.05, 0) is 18.2 Å². The maximum Gasteiger partial charge on any atom is 0.416 e. The number of carboxylic acids is 1. The Morgan fingerprint density at radius 2 is 2.11 bits per heavy atom. The molecule has 1 aliphatic rings. The van der Waals surface area contributed by atoms with Gasteiger partial charge < -0.3 is 15.2 Å². The molecule has 0 unspecified atom stereocenters. The summed E-state index contributed by atoms with van der Waals surface area (Å²) in [6, 6.07) is 2.93. The molecule has 8 heteroatoms. The largest absolute Gasteiger partial charge is 0.550 e. The average molecular weight is 290 g/mol. The van der Waals surface area contributed by atoms with E-state index in [9.17, 15) is 27.9 Å². The molecule has 19 heavy (non-hydrogen) atoms. The first-order valence-corrected chi connectivity index (χ1v) is 6.04. The number of carbonyl (C=O) groups excluding carboxylic acids is 2. The number of amides is 1. The zero-order valence-electron chi connectivity index (χ0n) is 9.28. The highest BCUT2D eigenvalue weighted by molar-refractivity contribution is 8.01. The van der Waals surface area contributed by atoms with Crippen LogP contribution in [0.2, 0.25) is 0 Å². The minimum absolute atomic E-state index is 0.0411. The van der Waals surface area contributed by atoms with Crippen LogP contribution in [0.5, 0.6) is 0 Å². The van der Waals surface area contributed by atoms with Crippen LogP contribution >= 0.6 is 11.8 Å². The van der Waals surface area contributed by atoms with E-state index in [-0.39, 0.29) is 5.69 Å². The third-order valence-electron chi connectivity index (χ3n) is 2.48. The molecule has 0 fully saturated rings. The van der Waals surface area contributed by atoms with Gasteiger partial charge in [-0.2, -0.15) is 13.2 Å². The molecule has 1 N–H and O–H groups in total. The number of halogens is 3. The number of nitrogens with one attached hydrogen (secondary N) is 1. The van der Waals surface area contributed by atoms with Crippen LogP contribution in [-0.2, 0) is 15.8 Å². The Bertz CT molecular complexity index is 544. The molecule has 1 aromatic carbocycles. The van der Waals surface area contributed by atoms with Crippen LogP contribution in [-0.4, -0.2) is 17.1 Å². The molecule has 2 rings (SSSR count). The van der Waals surface area contributed by atoms with E-state index in [1.54, 1.807) is 0 Å². The van der Waals surface area contributed by atoms with Crippen LogP contribution < -0.4 is 10.4 Å². The van der Waals surface area contributed by atoms with Gasteiger partial charge in [-0.25, -0.2) is 0 Å². The third-order valence-corrected chi connectivity index (χ3v) is 3.75. The first-order chi connectivity index (χ1) is 8.77. The molecular weight excluding hydrogens is 283 g/mol. The predicted molar refractivity (Wildman–Crippen MR) is 59.3 cm³/mol. The number of rotatable bonds is 2. The average Bonchev–Trinajstić information content (AvgIpc) is 2.27.